The van der Waals surface area contributed by atoms with Crippen molar-refractivity contribution in [2.45, 2.75) is 63.3 Å². The highest BCUT2D eigenvalue weighted by atomic mass is 35.5. The SMILES string of the molecule is CS(=O)(=O)N(CC(=O)N(Cc1ccc(Cl)cc1Cl)[C@H](Cc1ccccc1)C(=O)NC1CCCCC1)c1cccc(C(F)(F)F)c1. The maximum absolute atomic E-state index is 14.2. The highest BCUT2D eigenvalue weighted by Crippen LogP contribution is 2.32. The van der Waals surface area contributed by atoms with E-state index in [4.69, 9.17) is 23.2 Å². The van der Waals surface area contributed by atoms with Crippen LogP contribution in [-0.4, -0.2) is 50.0 Å². The molecule has 4 rings (SSSR count). The molecular weight excluding hydrogens is 650 g/mol. The molecule has 1 N–H and O–H groups in total. The summed E-state index contributed by atoms with van der Waals surface area (Å²) in [7, 11) is -4.25. The molecule has 7 nitrogen and oxygen atoms in total. The topological polar surface area (TPSA) is 86.8 Å². The van der Waals surface area contributed by atoms with Crippen molar-refractivity contribution < 1.29 is 31.2 Å². The van der Waals surface area contributed by atoms with Gasteiger partial charge in [-0.15, -0.1) is 0 Å². The molecule has 1 aliphatic rings. The summed E-state index contributed by atoms with van der Waals surface area (Å²) < 4.78 is 67.0. The monoisotopic (exact) mass is 683 g/mol. The molecule has 13 heteroatoms. The number of hydrogen-bond donors (Lipinski definition) is 1. The van der Waals surface area contributed by atoms with Gasteiger partial charge in [-0.3, -0.25) is 13.9 Å². The maximum Gasteiger partial charge on any atom is 0.416 e. The molecule has 2 amide bonds. The third kappa shape index (κ3) is 9.61. The first kappa shape index (κ1) is 34.6. The predicted molar refractivity (Wildman–Crippen MR) is 170 cm³/mol. The Morgan fingerprint density at radius 2 is 1.64 bits per heavy atom. The fourth-order valence-corrected chi connectivity index (χ4v) is 6.69. The summed E-state index contributed by atoms with van der Waals surface area (Å²) in [4.78, 5) is 29.4. The predicted octanol–water partition coefficient (Wildman–Crippen LogP) is 6.87. The number of nitrogens with one attached hydrogen (secondary N) is 1. The van der Waals surface area contributed by atoms with E-state index in [-0.39, 0.29) is 29.7 Å². The van der Waals surface area contributed by atoms with Crippen LogP contribution in [0.3, 0.4) is 0 Å². The number of carbonyl (C=O) groups excluding carboxylic acids is 2. The molecule has 0 unspecified atom stereocenters. The summed E-state index contributed by atoms with van der Waals surface area (Å²) in [5.41, 5.74) is -0.210. The second-order valence-electron chi connectivity index (χ2n) is 11.1. The van der Waals surface area contributed by atoms with Gasteiger partial charge in [0.1, 0.15) is 12.6 Å². The summed E-state index contributed by atoms with van der Waals surface area (Å²) in [5, 5.41) is 3.66. The van der Waals surface area contributed by atoms with Gasteiger partial charge in [-0.25, -0.2) is 8.42 Å². The van der Waals surface area contributed by atoms with Gasteiger partial charge in [-0.05, 0) is 54.3 Å². The third-order valence-electron chi connectivity index (χ3n) is 7.72. The maximum atomic E-state index is 14.2. The average molecular weight is 685 g/mol. The molecule has 1 fully saturated rings. The lowest BCUT2D eigenvalue weighted by Gasteiger charge is -2.35. The van der Waals surface area contributed by atoms with Crippen LogP contribution in [0.2, 0.25) is 10.0 Å². The number of hydrogen-bond acceptors (Lipinski definition) is 4. The molecular formula is C32H34Cl2F3N3O4S. The Balaban J connectivity index is 1.76. The number of sulfonamides is 1. The minimum Gasteiger partial charge on any atom is -0.352 e. The average Bonchev–Trinajstić information content (AvgIpc) is 2.98. The van der Waals surface area contributed by atoms with Gasteiger partial charge in [0.2, 0.25) is 21.8 Å². The highest BCUT2D eigenvalue weighted by Gasteiger charge is 2.36. The zero-order chi connectivity index (χ0) is 32.8. The zero-order valence-corrected chi connectivity index (χ0v) is 26.9. The highest BCUT2D eigenvalue weighted by molar-refractivity contribution is 7.92. The van der Waals surface area contributed by atoms with Crippen LogP contribution in [0, 0.1) is 0 Å². The fourth-order valence-electron chi connectivity index (χ4n) is 5.38. The van der Waals surface area contributed by atoms with Gasteiger partial charge in [-0.1, -0.05) is 84.9 Å². The lowest BCUT2D eigenvalue weighted by molar-refractivity contribution is -0.140. The lowest BCUT2D eigenvalue weighted by atomic mass is 9.94. The summed E-state index contributed by atoms with van der Waals surface area (Å²) in [6.07, 6.45) is 0.720. The number of anilines is 1. The number of rotatable bonds is 11. The number of alkyl halides is 3. The number of benzene rings is 3. The molecule has 0 bridgehead atoms. The van der Waals surface area contributed by atoms with Crippen molar-refractivity contribution in [2.24, 2.45) is 0 Å². The van der Waals surface area contributed by atoms with Crippen LogP contribution in [0.25, 0.3) is 0 Å². The van der Waals surface area contributed by atoms with Crippen molar-refractivity contribution in [1.82, 2.24) is 10.2 Å². The molecule has 0 aliphatic heterocycles. The molecule has 0 spiro atoms. The molecule has 3 aromatic carbocycles. The number of amides is 2. The van der Waals surface area contributed by atoms with Crippen LogP contribution in [0.15, 0.2) is 72.8 Å². The van der Waals surface area contributed by atoms with E-state index in [1.165, 1.54) is 17.0 Å². The van der Waals surface area contributed by atoms with Gasteiger partial charge < -0.3 is 10.2 Å². The molecule has 1 aliphatic carbocycles. The minimum absolute atomic E-state index is 0.0850. The smallest absolute Gasteiger partial charge is 0.352 e. The fraction of sp³-hybridized carbons (Fsp3) is 0.375. The van der Waals surface area contributed by atoms with E-state index in [1.54, 1.807) is 24.3 Å². The lowest BCUT2D eigenvalue weighted by Crippen LogP contribution is -2.55. The van der Waals surface area contributed by atoms with Gasteiger partial charge in [-0.2, -0.15) is 13.2 Å². The standard InChI is InChI=1S/C32H34Cl2F3N3O4S/c1-45(43,44)40(27-14-8-11-24(18-27)32(35,36)37)21-30(41)39(20-23-15-16-25(33)19-28(23)34)29(17-22-9-4-2-5-10-22)31(42)38-26-12-6-3-7-13-26/h2,4-5,8-11,14-16,18-19,26,29H,3,6-7,12-13,17,20-21H2,1H3,(H,38,42)/t29-/m1/s1. The molecule has 1 saturated carbocycles. The number of halogens is 5. The zero-order valence-electron chi connectivity index (χ0n) is 24.6. The normalized spacial score (nSPS) is 14.9. The van der Waals surface area contributed by atoms with Gasteiger partial charge >= 0.3 is 6.18 Å². The number of nitrogens with zero attached hydrogens (tertiary/aromatic N) is 2. The van der Waals surface area contributed by atoms with Gasteiger partial charge in [0, 0.05) is 29.1 Å². The summed E-state index contributed by atoms with van der Waals surface area (Å²) in [6, 6.07) is 16.2. The van der Waals surface area contributed by atoms with Crippen LogP contribution < -0.4 is 9.62 Å². The van der Waals surface area contributed by atoms with E-state index in [0.29, 0.717) is 21.0 Å². The summed E-state index contributed by atoms with van der Waals surface area (Å²) >= 11 is 12.6. The Bertz CT molecular complexity index is 1600. The first-order valence-corrected chi connectivity index (χ1v) is 17.1. The van der Waals surface area contributed by atoms with E-state index in [0.717, 1.165) is 56.1 Å². The second kappa shape index (κ2) is 14.9. The van der Waals surface area contributed by atoms with Crippen LogP contribution in [0.1, 0.15) is 48.8 Å². The van der Waals surface area contributed by atoms with Crippen molar-refractivity contribution in [3.05, 3.63) is 99.5 Å². The van der Waals surface area contributed by atoms with Crippen molar-refractivity contribution in [1.29, 1.82) is 0 Å². The van der Waals surface area contributed by atoms with Crippen molar-refractivity contribution >= 4 is 50.7 Å². The summed E-state index contributed by atoms with van der Waals surface area (Å²) in [5.74, 6) is -1.22. The molecule has 1 atom stereocenters. The van der Waals surface area contributed by atoms with Crippen LogP contribution >= 0.6 is 23.2 Å². The molecule has 3 aromatic rings. The largest absolute Gasteiger partial charge is 0.416 e. The Hall–Kier alpha value is -3.28. The Morgan fingerprint density at radius 3 is 2.27 bits per heavy atom. The second-order valence-corrected chi connectivity index (χ2v) is 13.9. The van der Waals surface area contributed by atoms with Crippen molar-refractivity contribution in [3.8, 4) is 0 Å². The molecule has 242 valence electrons. The molecule has 0 radical (unpaired) electrons. The Kier molecular flexibility index (Phi) is 11.4. The van der Waals surface area contributed by atoms with E-state index in [1.807, 2.05) is 18.2 Å². The van der Waals surface area contributed by atoms with E-state index in [9.17, 15) is 31.2 Å². The van der Waals surface area contributed by atoms with E-state index in [2.05, 4.69) is 5.32 Å². The molecule has 0 saturated heterocycles. The molecule has 45 heavy (non-hydrogen) atoms. The first-order chi connectivity index (χ1) is 21.2. The Labute approximate surface area is 271 Å². The number of carbonyl (C=O) groups is 2. The van der Waals surface area contributed by atoms with Gasteiger partial charge in [0.05, 0.1) is 17.5 Å². The van der Waals surface area contributed by atoms with Gasteiger partial charge in [0.25, 0.3) is 0 Å². The van der Waals surface area contributed by atoms with Crippen molar-refractivity contribution in [2.75, 3.05) is 17.1 Å². The van der Waals surface area contributed by atoms with Gasteiger partial charge in [0.15, 0.2) is 0 Å². The summed E-state index contributed by atoms with van der Waals surface area (Å²) in [6.45, 7) is -1.04. The molecule has 0 heterocycles. The first-order valence-electron chi connectivity index (χ1n) is 14.4. The van der Waals surface area contributed by atoms with E-state index >= 15 is 0 Å². The van der Waals surface area contributed by atoms with E-state index < -0.39 is 46.2 Å². The van der Waals surface area contributed by atoms with Crippen molar-refractivity contribution in [3.63, 3.8) is 0 Å². The quantitative estimate of drug-likeness (QED) is 0.239. The minimum atomic E-state index is -4.74. The van der Waals surface area contributed by atoms with Crippen LogP contribution in [0.4, 0.5) is 18.9 Å². The van der Waals surface area contributed by atoms with Crippen LogP contribution in [0.5, 0.6) is 0 Å². The Morgan fingerprint density at radius 1 is 0.956 bits per heavy atom. The van der Waals surface area contributed by atoms with Crippen LogP contribution in [-0.2, 0) is 38.8 Å². The molecule has 0 aromatic heterocycles. The third-order valence-corrected chi connectivity index (χ3v) is 9.45.